The Morgan fingerprint density at radius 2 is 2.07 bits per heavy atom. The molecule has 0 saturated carbocycles. The maximum atomic E-state index is 9.98. The van der Waals surface area contributed by atoms with Crippen LogP contribution in [0.4, 0.5) is 0 Å². The Kier molecular flexibility index (Phi) is 3.18. The Labute approximate surface area is 83.1 Å². The molecule has 3 heteroatoms. The predicted molar refractivity (Wildman–Crippen MR) is 53.5 cm³/mol. The van der Waals surface area contributed by atoms with Crippen LogP contribution in [-0.4, -0.2) is 11.2 Å². The number of carbonyl (C=O) groups excluding carboxylic acids is 1. The van der Waals surface area contributed by atoms with Gasteiger partial charge in [-0.3, -0.25) is 0 Å². The molecule has 1 aromatic rings. The van der Waals surface area contributed by atoms with Gasteiger partial charge in [0.25, 0.3) is 0 Å². The zero-order chi connectivity index (χ0) is 10.6. The van der Waals surface area contributed by atoms with Crippen LogP contribution in [0.25, 0.3) is 0 Å². The van der Waals surface area contributed by atoms with Crippen molar-refractivity contribution in [1.82, 2.24) is 0 Å². The fraction of sp³-hybridized carbons (Fsp3) is 0.364. The molecule has 74 valence electrons. The molecule has 0 spiro atoms. The maximum Gasteiger partial charge on any atom is 0.235 e. The van der Waals surface area contributed by atoms with Crippen LogP contribution in [0.15, 0.2) is 29.3 Å². The normalized spacial score (nSPS) is 10.8. The van der Waals surface area contributed by atoms with Crippen molar-refractivity contribution < 1.29 is 9.90 Å². The molecule has 3 nitrogen and oxygen atoms in total. The number of benzene rings is 1. The van der Waals surface area contributed by atoms with E-state index in [9.17, 15) is 9.90 Å². The number of nitrogens with zero attached hydrogens (tertiary/aromatic N) is 1. The average molecular weight is 191 g/mol. The molecule has 0 amide bonds. The maximum absolute atomic E-state index is 9.98. The van der Waals surface area contributed by atoms with Crippen molar-refractivity contribution in [2.45, 2.75) is 26.0 Å². The van der Waals surface area contributed by atoms with Crippen molar-refractivity contribution in [1.29, 1.82) is 0 Å². The van der Waals surface area contributed by atoms with Gasteiger partial charge in [-0.25, -0.2) is 9.79 Å². The van der Waals surface area contributed by atoms with Crippen LogP contribution in [0.3, 0.4) is 0 Å². The quantitative estimate of drug-likeness (QED) is 0.584. The predicted octanol–water partition coefficient (Wildman–Crippen LogP) is 1.75. The molecule has 0 aliphatic rings. The summed E-state index contributed by atoms with van der Waals surface area (Å²) < 4.78 is 0. The highest BCUT2D eigenvalue weighted by molar-refractivity contribution is 5.36. The van der Waals surface area contributed by atoms with Gasteiger partial charge in [-0.05, 0) is 25.0 Å². The van der Waals surface area contributed by atoms with Crippen LogP contribution in [-0.2, 0) is 16.9 Å². The van der Waals surface area contributed by atoms with Gasteiger partial charge in [0, 0.05) is 0 Å². The van der Waals surface area contributed by atoms with E-state index < -0.39 is 5.60 Å². The third-order valence-electron chi connectivity index (χ3n) is 1.99. The fourth-order valence-corrected chi connectivity index (χ4v) is 1.37. The van der Waals surface area contributed by atoms with Crippen molar-refractivity contribution >= 4 is 6.08 Å². The first-order chi connectivity index (χ1) is 6.55. The van der Waals surface area contributed by atoms with Crippen LogP contribution < -0.4 is 0 Å². The summed E-state index contributed by atoms with van der Waals surface area (Å²) >= 11 is 0. The topological polar surface area (TPSA) is 49.7 Å². The van der Waals surface area contributed by atoms with Gasteiger partial charge < -0.3 is 5.11 Å². The van der Waals surface area contributed by atoms with Crippen LogP contribution >= 0.6 is 0 Å². The zero-order valence-electron chi connectivity index (χ0n) is 8.32. The molecule has 0 aliphatic heterocycles. The first-order valence-electron chi connectivity index (χ1n) is 4.40. The summed E-state index contributed by atoms with van der Waals surface area (Å²) in [5.41, 5.74) is 0.733. The van der Waals surface area contributed by atoms with Crippen LogP contribution in [0.5, 0.6) is 0 Å². The van der Waals surface area contributed by atoms with Crippen molar-refractivity contribution in [2.24, 2.45) is 4.99 Å². The molecule has 0 radical (unpaired) electrons. The van der Waals surface area contributed by atoms with Crippen molar-refractivity contribution in [2.75, 3.05) is 0 Å². The summed E-state index contributed by atoms with van der Waals surface area (Å²) in [6, 6.07) is 7.37. The Morgan fingerprint density at radius 1 is 1.43 bits per heavy atom. The molecule has 0 aliphatic carbocycles. The molecular weight excluding hydrogens is 178 g/mol. The van der Waals surface area contributed by atoms with Crippen LogP contribution in [0.2, 0.25) is 0 Å². The van der Waals surface area contributed by atoms with Gasteiger partial charge in [0.15, 0.2) is 0 Å². The number of hydrogen-bond donors (Lipinski definition) is 1. The lowest BCUT2D eigenvalue weighted by Crippen LogP contribution is -2.17. The summed E-state index contributed by atoms with van der Waals surface area (Å²) in [5.74, 6) is 0. The van der Waals surface area contributed by atoms with Gasteiger partial charge in [-0.15, -0.1) is 0 Å². The monoisotopic (exact) mass is 191 g/mol. The van der Waals surface area contributed by atoms with E-state index >= 15 is 0 Å². The third kappa shape index (κ3) is 2.52. The zero-order valence-corrected chi connectivity index (χ0v) is 8.32. The Hall–Kier alpha value is -1.44. The number of isocyanates is 1. The van der Waals surface area contributed by atoms with Gasteiger partial charge in [-0.2, -0.15) is 0 Å². The molecule has 1 rings (SSSR count). The molecule has 0 unspecified atom stereocenters. The molecule has 0 atom stereocenters. The van der Waals surface area contributed by atoms with Crippen molar-refractivity contribution in [3.05, 3.63) is 35.4 Å². The minimum Gasteiger partial charge on any atom is -0.386 e. The minimum atomic E-state index is -0.908. The summed E-state index contributed by atoms with van der Waals surface area (Å²) in [6.45, 7) is 3.68. The molecule has 0 bridgehead atoms. The van der Waals surface area contributed by atoms with E-state index in [1.165, 1.54) is 6.08 Å². The first kappa shape index (κ1) is 10.6. The highest BCUT2D eigenvalue weighted by atomic mass is 16.3. The van der Waals surface area contributed by atoms with Gasteiger partial charge >= 0.3 is 0 Å². The number of aliphatic hydroxyl groups is 1. The molecule has 0 heterocycles. The lowest BCUT2D eigenvalue weighted by molar-refractivity contribution is 0.0776. The van der Waals surface area contributed by atoms with E-state index in [1.807, 2.05) is 24.3 Å². The van der Waals surface area contributed by atoms with Gasteiger partial charge in [0.05, 0.1) is 12.1 Å². The lowest BCUT2D eigenvalue weighted by atomic mass is 9.93. The Bertz CT molecular complexity index is 360. The number of aliphatic imine (C=N–C) groups is 1. The molecular formula is C11H13NO2. The summed E-state index contributed by atoms with van der Waals surface area (Å²) in [7, 11) is 0. The summed E-state index contributed by atoms with van der Waals surface area (Å²) in [5, 5.41) is 9.83. The van der Waals surface area contributed by atoms with E-state index in [1.54, 1.807) is 13.8 Å². The minimum absolute atomic E-state index is 0.268. The van der Waals surface area contributed by atoms with Gasteiger partial charge in [-0.1, -0.05) is 24.3 Å². The second-order valence-electron chi connectivity index (χ2n) is 3.62. The Morgan fingerprint density at radius 3 is 2.64 bits per heavy atom. The van der Waals surface area contributed by atoms with Crippen LogP contribution in [0, 0.1) is 0 Å². The van der Waals surface area contributed by atoms with Gasteiger partial charge in [0.1, 0.15) is 0 Å². The SMILES string of the molecule is CC(C)(O)c1ccccc1CN=C=O. The molecule has 1 N–H and O–H groups in total. The molecule has 0 fully saturated rings. The first-order valence-corrected chi connectivity index (χ1v) is 4.40. The average Bonchev–Trinajstić information content (AvgIpc) is 2.14. The summed E-state index contributed by atoms with van der Waals surface area (Å²) in [4.78, 5) is 13.5. The second kappa shape index (κ2) is 4.18. The number of rotatable bonds is 3. The van der Waals surface area contributed by atoms with E-state index in [0.717, 1.165) is 11.1 Å². The fourth-order valence-electron chi connectivity index (χ4n) is 1.37. The summed E-state index contributed by atoms with van der Waals surface area (Å²) in [6.07, 6.45) is 1.49. The molecule has 0 saturated heterocycles. The van der Waals surface area contributed by atoms with E-state index in [-0.39, 0.29) is 6.54 Å². The smallest absolute Gasteiger partial charge is 0.235 e. The van der Waals surface area contributed by atoms with E-state index in [2.05, 4.69) is 4.99 Å². The standard InChI is InChI=1S/C11H13NO2/c1-11(2,14)10-6-4-3-5-9(10)7-12-8-13/h3-6,14H,7H2,1-2H3. The lowest BCUT2D eigenvalue weighted by Gasteiger charge is -2.20. The van der Waals surface area contributed by atoms with Gasteiger partial charge in [0.2, 0.25) is 6.08 Å². The third-order valence-corrected chi connectivity index (χ3v) is 1.99. The molecule has 0 aromatic heterocycles. The Balaban J connectivity index is 3.09. The van der Waals surface area contributed by atoms with Crippen molar-refractivity contribution in [3.8, 4) is 0 Å². The van der Waals surface area contributed by atoms with E-state index in [4.69, 9.17) is 0 Å². The second-order valence-corrected chi connectivity index (χ2v) is 3.62. The van der Waals surface area contributed by atoms with Crippen LogP contribution in [0.1, 0.15) is 25.0 Å². The highest BCUT2D eigenvalue weighted by Crippen LogP contribution is 2.23. The largest absolute Gasteiger partial charge is 0.386 e. The number of hydrogen-bond acceptors (Lipinski definition) is 3. The highest BCUT2D eigenvalue weighted by Gasteiger charge is 2.18. The van der Waals surface area contributed by atoms with E-state index in [0.29, 0.717) is 0 Å². The van der Waals surface area contributed by atoms with Crippen molar-refractivity contribution in [3.63, 3.8) is 0 Å². The molecule has 14 heavy (non-hydrogen) atoms. The molecule has 1 aromatic carbocycles.